The van der Waals surface area contributed by atoms with E-state index in [0.29, 0.717) is 13.0 Å². The quantitative estimate of drug-likeness (QED) is 0.613. The van der Waals surface area contributed by atoms with E-state index in [-0.39, 0.29) is 13.0 Å². The fourth-order valence-electron chi connectivity index (χ4n) is 2.03. The van der Waals surface area contributed by atoms with Crippen LogP contribution in [-0.4, -0.2) is 29.1 Å². The van der Waals surface area contributed by atoms with Gasteiger partial charge in [0.25, 0.3) is 0 Å². The molecule has 1 aromatic rings. The first-order valence-electron chi connectivity index (χ1n) is 5.85. The Labute approximate surface area is 105 Å². The van der Waals surface area contributed by atoms with E-state index in [9.17, 15) is 9.59 Å². The SMILES string of the molecule is O=C(O)[C@]1(C(=O)OCc2ccccc2)CCCN1. The molecule has 2 rings (SSSR count). The van der Waals surface area contributed by atoms with Gasteiger partial charge in [-0.05, 0) is 24.9 Å². The van der Waals surface area contributed by atoms with Gasteiger partial charge in [-0.25, -0.2) is 9.59 Å². The Hall–Kier alpha value is -1.88. The molecule has 0 spiro atoms. The summed E-state index contributed by atoms with van der Waals surface area (Å²) in [6.45, 7) is 0.614. The molecule has 2 N–H and O–H groups in total. The maximum atomic E-state index is 11.9. The fourth-order valence-corrected chi connectivity index (χ4v) is 2.03. The van der Waals surface area contributed by atoms with Crippen molar-refractivity contribution in [1.82, 2.24) is 5.32 Å². The van der Waals surface area contributed by atoms with Crippen LogP contribution in [0.4, 0.5) is 0 Å². The first-order chi connectivity index (χ1) is 8.65. The lowest BCUT2D eigenvalue weighted by Crippen LogP contribution is -2.55. The molecule has 96 valence electrons. The van der Waals surface area contributed by atoms with E-state index in [4.69, 9.17) is 9.84 Å². The number of hydrogen-bond acceptors (Lipinski definition) is 4. The van der Waals surface area contributed by atoms with Gasteiger partial charge in [0.05, 0.1) is 0 Å². The molecule has 1 saturated heterocycles. The fraction of sp³-hybridized carbons (Fsp3) is 0.385. The Bertz CT molecular complexity index is 438. The lowest BCUT2D eigenvalue weighted by Gasteiger charge is -2.22. The summed E-state index contributed by atoms with van der Waals surface area (Å²) in [7, 11) is 0. The van der Waals surface area contributed by atoms with Crippen molar-refractivity contribution in [3.05, 3.63) is 35.9 Å². The van der Waals surface area contributed by atoms with Gasteiger partial charge in [-0.3, -0.25) is 5.32 Å². The summed E-state index contributed by atoms with van der Waals surface area (Å²) in [4.78, 5) is 23.1. The molecule has 1 aliphatic rings. The van der Waals surface area contributed by atoms with Gasteiger partial charge in [-0.15, -0.1) is 0 Å². The topological polar surface area (TPSA) is 75.6 Å². The van der Waals surface area contributed by atoms with Crippen molar-refractivity contribution in [1.29, 1.82) is 0 Å². The lowest BCUT2D eigenvalue weighted by atomic mass is 9.98. The summed E-state index contributed by atoms with van der Waals surface area (Å²) in [6, 6.07) is 9.18. The Morgan fingerprint density at radius 2 is 2.06 bits per heavy atom. The molecule has 1 aromatic carbocycles. The maximum absolute atomic E-state index is 11.9. The Morgan fingerprint density at radius 3 is 2.61 bits per heavy atom. The first kappa shape index (κ1) is 12.6. The minimum absolute atomic E-state index is 0.0936. The van der Waals surface area contributed by atoms with Gasteiger partial charge in [0.15, 0.2) is 0 Å². The van der Waals surface area contributed by atoms with Gasteiger partial charge >= 0.3 is 11.9 Å². The highest BCUT2D eigenvalue weighted by atomic mass is 16.5. The molecule has 0 saturated carbocycles. The Kier molecular flexibility index (Phi) is 3.62. The number of rotatable bonds is 4. The van der Waals surface area contributed by atoms with Crippen molar-refractivity contribution in [3.8, 4) is 0 Å². The standard InChI is InChI=1S/C13H15NO4/c15-11(16)13(7-4-8-14-13)12(17)18-9-10-5-2-1-3-6-10/h1-3,5-6,14H,4,7-9H2,(H,15,16)/t13-/m0/s1. The molecule has 1 aliphatic heterocycles. The molecular formula is C13H15NO4. The van der Waals surface area contributed by atoms with Gasteiger partial charge in [0.2, 0.25) is 5.54 Å². The lowest BCUT2D eigenvalue weighted by molar-refractivity contribution is -0.163. The number of carbonyl (C=O) groups excluding carboxylic acids is 1. The predicted octanol–water partition coefficient (Wildman–Crippen LogP) is 0.937. The van der Waals surface area contributed by atoms with E-state index in [1.165, 1.54) is 0 Å². The van der Waals surface area contributed by atoms with Gasteiger partial charge < -0.3 is 9.84 Å². The van der Waals surface area contributed by atoms with Crippen LogP contribution >= 0.6 is 0 Å². The highest BCUT2D eigenvalue weighted by Crippen LogP contribution is 2.22. The van der Waals surface area contributed by atoms with Crippen molar-refractivity contribution in [2.75, 3.05) is 6.54 Å². The molecule has 5 heteroatoms. The summed E-state index contributed by atoms with van der Waals surface area (Å²) in [6.07, 6.45) is 0.933. The monoisotopic (exact) mass is 249 g/mol. The molecule has 0 bridgehead atoms. The Balaban J connectivity index is 2.01. The van der Waals surface area contributed by atoms with Gasteiger partial charge in [0.1, 0.15) is 6.61 Å². The number of carboxylic acids is 1. The number of carboxylic acid groups (broad SMARTS) is 1. The Morgan fingerprint density at radius 1 is 1.33 bits per heavy atom. The zero-order valence-corrected chi connectivity index (χ0v) is 9.89. The number of esters is 1. The van der Waals surface area contributed by atoms with Crippen LogP contribution in [-0.2, 0) is 20.9 Å². The minimum atomic E-state index is -1.56. The molecule has 0 aromatic heterocycles. The third-order valence-electron chi connectivity index (χ3n) is 3.08. The molecule has 1 fully saturated rings. The highest BCUT2D eigenvalue weighted by molar-refractivity contribution is 6.04. The molecule has 1 heterocycles. The second-order valence-electron chi connectivity index (χ2n) is 4.30. The smallest absolute Gasteiger partial charge is 0.338 e. The van der Waals surface area contributed by atoms with Crippen molar-refractivity contribution < 1.29 is 19.4 Å². The van der Waals surface area contributed by atoms with Crippen LogP contribution in [0.15, 0.2) is 30.3 Å². The largest absolute Gasteiger partial charge is 0.479 e. The molecule has 1 atom stereocenters. The maximum Gasteiger partial charge on any atom is 0.338 e. The number of aliphatic carboxylic acids is 1. The number of benzene rings is 1. The molecule has 0 amide bonds. The van der Waals surface area contributed by atoms with Crippen LogP contribution < -0.4 is 5.32 Å². The van der Waals surface area contributed by atoms with E-state index < -0.39 is 17.5 Å². The molecule has 5 nitrogen and oxygen atoms in total. The van der Waals surface area contributed by atoms with Crippen molar-refractivity contribution >= 4 is 11.9 Å². The van der Waals surface area contributed by atoms with Crippen LogP contribution in [0.25, 0.3) is 0 Å². The van der Waals surface area contributed by atoms with E-state index in [1.807, 2.05) is 30.3 Å². The van der Waals surface area contributed by atoms with Crippen molar-refractivity contribution in [2.45, 2.75) is 25.0 Å². The number of carbonyl (C=O) groups is 2. The summed E-state index contributed by atoms with van der Waals surface area (Å²) >= 11 is 0. The molecular weight excluding hydrogens is 234 g/mol. The average molecular weight is 249 g/mol. The third kappa shape index (κ3) is 2.36. The van der Waals surface area contributed by atoms with Gasteiger partial charge in [0, 0.05) is 0 Å². The van der Waals surface area contributed by atoms with Crippen LogP contribution in [0.1, 0.15) is 18.4 Å². The first-order valence-corrected chi connectivity index (χ1v) is 5.85. The van der Waals surface area contributed by atoms with Gasteiger partial charge in [-0.2, -0.15) is 0 Å². The van der Waals surface area contributed by atoms with E-state index >= 15 is 0 Å². The van der Waals surface area contributed by atoms with E-state index in [2.05, 4.69) is 5.32 Å². The van der Waals surface area contributed by atoms with Crippen LogP contribution in [0.2, 0.25) is 0 Å². The molecule has 0 aliphatic carbocycles. The van der Waals surface area contributed by atoms with E-state index in [1.54, 1.807) is 0 Å². The van der Waals surface area contributed by atoms with Crippen molar-refractivity contribution in [2.24, 2.45) is 0 Å². The van der Waals surface area contributed by atoms with E-state index in [0.717, 1.165) is 5.56 Å². The van der Waals surface area contributed by atoms with Crippen LogP contribution in [0, 0.1) is 0 Å². The number of hydrogen-bond donors (Lipinski definition) is 2. The molecule has 18 heavy (non-hydrogen) atoms. The number of nitrogens with one attached hydrogen (secondary N) is 1. The summed E-state index contributed by atoms with van der Waals surface area (Å²) in [5.41, 5.74) is -0.723. The highest BCUT2D eigenvalue weighted by Gasteiger charge is 2.49. The zero-order chi connectivity index (χ0) is 13.0. The van der Waals surface area contributed by atoms with Crippen LogP contribution in [0.5, 0.6) is 0 Å². The molecule has 0 unspecified atom stereocenters. The van der Waals surface area contributed by atoms with Crippen LogP contribution in [0.3, 0.4) is 0 Å². The second-order valence-corrected chi connectivity index (χ2v) is 4.30. The summed E-state index contributed by atoms with van der Waals surface area (Å²) in [5, 5.41) is 11.9. The second kappa shape index (κ2) is 5.18. The normalized spacial score (nSPS) is 22.7. The predicted molar refractivity (Wildman–Crippen MR) is 63.8 cm³/mol. The number of ether oxygens (including phenoxy) is 1. The minimum Gasteiger partial charge on any atom is -0.479 e. The summed E-state index contributed by atoms with van der Waals surface area (Å²) < 4.78 is 5.09. The van der Waals surface area contributed by atoms with Crippen molar-refractivity contribution in [3.63, 3.8) is 0 Å². The molecule has 0 radical (unpaired) electrons. The zero-order valence-electron chi connectivity index (χ0n) is 9.89. The third-order valence-corrected chi connectivity index (χ3v) is 3.08. The van der Waals surface area contributed by atoms with Gasteiger partial charge in [-0.1, -0.05) is 30.3 Å². The summed E-state index contributed by atoms with van der Waals surface area (Å²) in [5.74, 6) is -1.88. The average Bonchev–Trinajstić information content (AvgIpc) is 2.88.